The lowest BCUT2D eigenvalue weighted by molar-refractivity contribution is -0.148. The molecule has 1 aromatic heterocycles. The molecule has 10 heteroatoms. The maximum atomic E-state index is 12.5. The minimum absolute atomic E-state index is 0.0633. The van der Waals surface area contributed by atoms with Gasteiger partial charge >= 0.3 is 12.1 Å². The van der Waals surface area contributed by atoms with Crippen LogP contribution in [0.1, 0.15) is 33.1 Å². The first-order valence-electron chi connectivity index (χ1n) is 10.7. The maximum absolute atomic E-state index is 12.5. The molecule has 1 aliphatic carbocycles. The zero-order valence-electron chi connectivity index (χ0n) is 17.9. The third-order valence-corrected chi connectivity index (χ3v) is 6.85. The highest BCUT2D eigenvalue weighted by atomic mass is 32.1. The molecule has 2 heterocycles. The molecule has 2 aliphatic rings. The average Bonchev–Trinajstić information content (AvgIpc) is 3.56. The van der Waals surface area contributed by atoms with Crippen LogP contribution in [0.5, 0.6) is 0 Å². The summed E-state index contributed by atoms with van der Waals surface area (Å²) >= 11 is 0.974. The molecule has 3 N–H and O–H groups in total. The first-order chi connectivity index (χ1) is 16.5. The Hall–Kier alpha value is -3.76. The van der Waals surface area contributed by atoms with Crippen LogP contribution in [0.2, 0.25) is 0 Å². The lowest BCUT2D eigenvalue weighted by atomic mass is 9.98. The number of nitrogens with one attached hydrogen (secondary N) is 2. The van der Waals surface area contributed by atoms with Gasteiger partial charge in [-0.2, -0.15) is 0 Å². The van der Waals surface area contributed by atoms with Gasteiger partial charge in [-0.15, -0.1) is 0 Å². The van der Waals surface area contributed by atoms with Crippen molar-refractivity contribution in [1.82, 2.24) is 10.3 Å². The van der Waals surface area contributed by atoms with Crippen LogP contribution in [0, 0.1) is 0 Å². The van der Waals surface area contributed by atoms with Gasteiger partial charge in [0, 0.05) is 12.5 Å². The predicted octanol–water partition coefficient (Wildman–Crippen LogP) is 3.48. The van der Waals surface area contributed by atoms with E-state index in [2.05, 4.69) is 27.8 Å². The Morgan fingerprint density at radius 1 is 1.09 bits per heavy atom. The molecule has 2 amide bonds. The number of carboxylic acids is 1. The van der Waals surface area contributed by atoms with Crippen LogP contribution in [0.15, 0.2) is 54.7 Å². The van der Waals surface area contributed by atoms with Crippen LogP contribution in [0.25, 0.3) is 11.1 Å². The zero-order chi connectivity index (χ0) is 23.7. The largest absolute Gasteiger partial charge is 0.479 e. The molecular formula is C24H21N3O6S. The molecule has 0 spiro atoms. The normalized spacial score (nSPS) is 18.7. The highest BCUT2D eigenvalue weighted by Gasteiger charge is 2.35. The molecule has 34 heavy (non-hydrogen) atoms. The Bertz CT molecular complexity index is 1210. The van der Waals surface area contributed by atoms with E-state index in [-0.39, 0.29) is 29.1 Å². The van der Waals surface area contributed by atoms with Gasteiger partial charge in [0.25, 0.3) is 5.91 Å². The zero-order valence-corrected chi connectivity index (χ0v) is 18.7. The van der Waals surface area contributed by atoms with Crippen molar-refractivity contribution >= 4 is 34.4 Å². The minimum Gasteiger partial charge on any atom is -0.479 e. The minimum atomic E-state index is -1.12. The molecule has 0 radical (unpaired) electrons. The van der Waals surface area contributed by atoms with Gasteiger partial charge in [0.05, 0.1) is 12.2 Å². The molecule has 5 rings (SSSR count). The van der Waals surface area contributed by atoms with Crippen LogP contribution in [0.4, 0.5) is 9.93 Å². The molecular weight excluding hydrogens is 458 g/mol. The third-order valence-electron chi connectivity index (χ3n) is 5.93. The number of anilines is 1. The lowest BCUT2D eigenvalue weighted by Gasteiger charge is -2.15. The Morgan fingerprint density at radius 3 is 2.44 bits per heavy atom. The van der Waals surface area contributed by atoms with E-state index in [1.807, 2.05) is 36.4 Å². The Balaban J connectivity index is 1.19. The molecule has 2 aromatic carbocycles. The van der Waals surface area contributed by atoms with E-state index in [0.29, 0.717) is 6.42 Å². The van der Waals surface area contributed by atoms with Gasteiger partial charge in [-0.05, 0) is 28.7 Å². The van der Waals surface area contributed by atoms with E-state index in [4.69, 9.17) is 14.6 Å². The molecule has 9 nitrogen and oxygen atoms in total. The second kappa shape index (κ2) is 9.24. The van der Waals surface area contributed by atoms with Crippen molar-refractivity contribution in [1.29, 1.82) is 0 Å². The number of carbonyl (C=O) groups excluding carboxylic acids is 2. The van der Waals surface area contributed by atoms with E-state index < -0.39 is 30.1 Å². The van der Waals surface area contributed by atoms with Crippen molar-refractivity contribution in [3.63, 3.8) is 0 Å². The third kappa shape index (κ3) is 4.25. The van der Waals surface area contributed by atoms with Crippen molar-refractivity contribution in [3.05, 3.63) is 70.7 Å². The number of ether oxygens (including phenoxy) is 2. The number of amides is 2. The maximum Gasteiger partial charge on any atom is 0.413 e. The average molecular weight is 480 g/mol. The molecule has 0 unspecified atom stereocenters. The quantitative estimate of drug-likeness (QED) is 0.494. The van der Waals surface area contributed by atoms with Crippen molar-refractivity contribution in [2.24, 2.45) is 0 Å². The molecule has 174 valence electrons. The second-order valence-corrected chi connectivity index (χ2v) is 9.01. The van der Waals surface area contributed by atoms with E-state index in [0.717, 1.165) is 33.6 Å². The van der Waals surface area contributed by atoms with Crippen LogP contribution in [0.3, 0.4) is 0 Å². The highest BCUT2D eigenvalue weighted by molar-refractivity contribution is 7.17. The number of thiazole rings is 1. The van der Waals surface area contributed by atoms with Crippen molar-refractivity contribution in [2.75, 3.05) is 18.5 Å². The summed E-state index contributed by atoms with van der Waals surface area (Å²) in [6.07, 6.45) is -0.00888. The van der Waals surface area contributed by atoms with E-state index >= 15 is 0 Å². The Kier molecular flexibility index (Phi) is 5.99. The summed E-state index contributed by atoms with van der Waals surface area (Å²) in [5.74, 6) is -1.66. The number of hydrogen-bond acceptors (Lipinski definition) is 7. The summed E-state index contributed by atoms with van der Waals surface area (Å²) in [7, 11) is 0. The SMILES string of the molecule is O=C(Nc1ncc(C(=O)N[C@H]2CCO[C@H]2C(=O)O)s1)OCC1c2ccccc2-c2ccccc21. The molecule has 2 atom stereocenters. The molecule has 1 aliphatic heterocycles. The topological polar surface area (TPSA) is 127 Å². The lowest BCUT2D eigenvalue weighted by Crippen LogP contribution is -2.43. The molecule has 0 saturated carbocycles. The van der Waals surface area contributed by atoms with Gasteiger partial charge in [-0.3, -0.25) is 10.1 Å². The van der Waals surface area contributed by atoms with Gasteiger partial charge in [0.1, 0.15) is 11.5 Å². The number of fused-ring (bicyclic) bond motifs is 3. The smallest absolute Gasteiger partial charge is 0.413 e. The van der Waals surface area contributed by atoms with Crippen LogP contribution in [-0.2, 0) is 14.3 Å². The van der Waals surface area contributed by atoms with Crippen LogP contribution >= 0.6 is 11.3 Å². The molecule has 0 bridgehead atoms. The standard InChI is InChI=1S/C24H21N3O6S/c28-21(26-18-9-10-32-20(18)22(29)30)19-11-25-23(34-19)27-24(31)33-12-17-15-7-3-1-5-13(15)14-6-2-4-8-16(14)17/h1-8,11,17-18,20H,9-10,12H2,(H,26,28)(H,29,30)(H,25,27,31)/t18-,20+/m0/s1. The fraction of sp³-hybridized carbons (Fsp3) is 0.250. The Morgan fingerprint density at radius 2 is 1.76 bits per heavy atom. The van der Waals surface area contributed by atoms with E-state index in [1.165, 1.54) is 6.20 Å². The summed E-state index contributed by atoms with van der Waals surface area (Å²) in [6.45, 7) is 0.427. The van der Waals surface area contributed by atoms with Crippen LogP contribution in [-0.4, -0.2) is 53.4 Å². The van der Waals surface area contributed by atoms with E-state index in [9.17, 15) is 14.4 Å². The van der Waals surface area contributed by atoms with Gasteiger partial charge in [0.2, 0.25) is 0 Å². The second-order valence-electron chi connectivity index (χ2n) is 7.98. The van der Waals surface area contributed by atoms with E-state index in [1.54, 1.807) is 0 Å². The number of aliphatic carboxylic acids is 1. The first kappa shape index (κ1) is 22.1. The summed E-state index contributed by atoms with van der Waals surface area (Å²) in [6, 6.07) is 15.5. The number of hydrogen-bond donors (Lipinski definition) is 3. The van der Waals surface area contributed by atoms with Gasteiger partial charge in [-0.25, -0.2) is 14.6 Å². The Labute approximate surface area is 198 Å². The summed E-state index contributed by atoms with van der Waals surface area (Å²) in [4.78, 5) is 40.4. The number of aromatic nitrogens is 1. The first-order valence-corrected chi connectivity index (χ1v) is 11.6. The summed E-state index contributed by atoms with van der Waals surface area (Å²) < 4.78 is 10.6. The number of carboxylic acid groups (broad SMARTS) is 1. The summed E-state index contributed by atoms with van der Waals surface area (Å²) in [5, 5.41) is 14.6. The molecule has 1 saturated heterocycles. The number of rotatable bonds is 6. The predicted molar refractivity (Wildman–Crippen MR) is 124 cm³/mol. The van der Waals surface area contributed by atoms with Crippen molar-refractivity contribution in [3.8, 4) is 11.1 Å². The summed E-state index contributed by atoms with van der Waals surface area (Å²) in [5.41, 5.74) is 4.50. The molecule has 1 fully saturated rings. The monoisotopic (exact) mass is 479 g/mol. The van der Waals surface area contributed by atoms with Gasteiger partial charge in [-0.1, -0.05) is 59.9 Å². The number of nitrogens with zero attached hydrogens (tertiary/aromatic N) is 1. The van der Waals surface area contributed by atoms with Gasteiger partial charge < -0.3 is 19.9 Å². The van der Waals surface area contributed by atoms with Crippen molar-refractivity contribution < 1.29 is 29.0 Å². The molecule has 3 aromatic rings. The van der Waals surface area contributed by atoms with Crippen molar-refractivity contribution in [2.45, 2.75) is 24.5 Å². The van der Waals surface area contributed by atoms with Crippen LogP contribution < -0.4 is 10.6 Å². The highest BCUT2D eigenvalue weighted by Crippen LogP contribution is 2.44. The van der Waals surface area contributed by atoms with Gasteiger partial charge in [0.15, 0.2) is 11.2 Å². The number of carbonyl (C=O) groups is 3. The fourth-order valence-corrected chi connectivity index (χ4v) is 5.08. The fourth-order valence-electron chi connectivity index (χ4n) is 4.38. The number of benzene rings is 2.